The van der Waals surface area contributed by atoms with Crippen LogP contribution in [0.3, 0.4) is 0 Å². The average Bonchev–Trinajstić information content (AvgIpc) is 2.30. The monoisotopic (exact) mass is 284 g/mol. The molecule has 0 N–H and O–H groups in total. The zero-order valence-electron chi connectivity index (χ0n) is 9.70. The highest BCUT2D eigenvalue weighted by Gasteiger charge is 2.04. The molecule has 3 heteroatoms. The Morgan fingerprint density at radius 2 is 2.12 bits per heavy atom. The van der Waals surface area contributed by atoms with Crippen molar-refractivity contribution in [2.24, 2.45) is 0 Å². The van der Waals surface area contributed by atoms with Gasteiger partial charge in [-0.25, -0.2) is 0 Å². The topological polar surface area (TPSA) is 18.5 Å². The minimum Gasteiger partial charge on any atom is -0.493 e. The fourth-order valence-corrected chi connectivity index (χ4v) is 1.61. The summed E-state index contributed by atoms with van der Waals surface area (Å²) in [6, 6.07) is 5.89. The van der Waals surface area contributed by atoms with Crippen LogP contribution in [-0.4, -0.2) is 13.7 Å². The van der Waals surface area contributed by atoms with Crippen molar-refractivity contribution in [2.45, 2.75) is 19.8 Å². The van der Waals surface area contributed by atoms with Crippen LogP contribution in [0, 0.1) is 0 Å². The van der Waals surface area contributed by atoms with Gasteiger partial charge in [0, 0.05) is 0 Å². The Hall–Kier alpha value is -0.960. The summed E-state index contributed by atoms with van der Waals surface area (Å²) in [5, 5.41) is 0. The molecular formula is C13H17BrO2. The van der Waals surface area contributed by atoms with Crippen molar-refractivity contribution in [2.75, 3.05) is 13.7 Å². The lowest BCUT2D eigenvalue weighted by Crippen LogP contribution is -1.99. The lowest BCUT2D eigenvalue weighted by molar-refractivity contribution is 0.288. The van der Waals surface area contributed by atoms with Gasteiger partial charge in [-0.15, -0.1) is 0 Å². The Morgan fingerprint density at radius 3 is 2.75 bits per heavy atom. The third-order valence-electron chi connectivity index (χ3n) is 2.20. The Kier molecular flexibility index (Phi) is 6.01. The molecule has 0 bridgehead atoms. The van der Waals surface area contributed by atoms with E-state index in [9.17, 15) is 0 Å². The third-order valence-corrected chi connectivity index (χ3v) is 2.46. The molecule has 0 aliphatic carbocycles. The van der Waals surface area contributed by atoms with Gasteiger partial charge in [0.05, 0.1) is 13.7 Å². The molecule has 16 heavy (non-hydrogen) atoms. The van der Waals surface area contributed by atoms with Crippen molar-refractivity contribution >= 4 is 22.0 Å². The molecule has 0 saturated carbocycles. The van der Waals surface area contributed by atoms with Crippen molar-refractivity contribution in [1.82, 2.24) is 0 Å². The van der Waals surface area contributed by atoms with E-state index < -0.39 is 0 Å². The Bertz CT molecular complexity index is 348. The van der Waals surface area contributed by atoms with Crippen LogP contribution in [0.1, 0.15) is 25.3 Å². The molecule has 88 valence electrons. The summed E-state index contributed by atoms with van der Waals surface area (Å²) in [4.78, 5) is 1.82. The van der Waals surface area contributed by atoms with Crippen molar-refractivity contribution in [1.29, 1.82) is 0 Å². The summed E-state index contributed by atoms with van der Waals surface area (Å²) >= 11 is 3.26. The maximum atomic E-state index is 5.68. The summed E-state index contributed by atoms with van der Waals surface area (Å²) in [5.41, 5.74) is 1.09. The Morgan fingerprint density at radius 1 is 1.31 bits per heavy atom. The quantitative estimate of drug-likeness (QED) is 0.728. The molecule has 1 rings (SSSR count). The molecule has 0 fully saturated rings. The first-order valence-corrected chi connectivity index (χ1v) is 6.31. The van der Waals surface area contributed by atoms with E-state index in [-0.39, 0.29) is 0 Å². The van der Waals surface area contributed by atoms with Crippen LogP contribution in [0.5, 0.6) is 11.5 Å². The predicted octanol–water partition coefficient (Wildman–Crippen LogP) is 4.24. The third kappa shape index (κ3) is 3.89. The predicted molar refractivity (Wildman–Crippen MR) is 71.4 cm³/mol. The zero-order chi connectivity index (χ0) is 11.8. The van der Waals surface area contributed by atoms with Gasteiger partial charge in [0.1, 0.15) is 0 Å². The average molecular weight is 285 g/mol. The van der Waals surface area contributed by atoms with Crippen LogP contribution >= 0.6 is 15.9 Å². The molecule has 0 unspecified atom stereocenters. The molecule has 1 aromatic rings. The van der Waals surface area contributed by atoms with Crippen LogP contribution in [0.2, 0.25) is 0 Å². The fraction of sp³-hybridized carbons (Fsp3) is 0.385. The fourth-order valence-electron chi connectivity index (χ4n) is 1.31. The summed E-state index contributed by atoms with van der Waals surface area (Å²) in [6.07, 6.45) is 4.15. The number of unbranched alkanes of at least 4 members (excludes halogenated alkanes) is 1. The summed E-state index contributed by atoms with van der Waals surface area (Å²) in [7, 11) is 1.65. The molecule has 0 heterocycles. The molecule has 2 nitrogen and oxygen atoms in total. The molecule has 0 aliphatic heterocycles. The van der Waals surface area contributed by atoms with Gasteiger partial charge in [0.15, 0.2) is 11.5 Å². The van der Waals surface area contributed by atoms with Gasteiger partial charge in [-0.05, 0) is 35.2 Å². The lowest BCUT2D eigenvalue weighted by atomic mass is 10.2. The molecular weight excluding hydrogens is 268 g/mol. The standard InChI is InChI=1S/C13H17BrO2/c1-3-4-9-16-13-10-11(7-8-14)5-6-12(13)15-2/h5-8,10H,3-4,9H2,1-2H3. The second kappa shape index (κ2) is 7.34. The maximum absolute atomic E-state index is 5.68. The largest absolute Gasteiger partial charge is 0.493 e. The minimum absolute atomic E-state index is 0.730. The smallest absolute Gasteiger partial charge is 0.161 e. The number of methoxy groups -OCH3 is 1. The number of rotatable bonds is 6. The molecule has 0 spiro atoms. The highest BCUT2D eigenvalue weighted by Crippen LogP contribution is 2.28. The number of hydrogen-bond acceptors (Lipinski definition) is 2. The van der Waals surface area contributed by atoms with Crippen molar-refractivity contribution in [3.63, 3.8) is 0 Å². The van der Waals surface area contributed by atoms with E-state index in [0.717, 1.165) is 36.5 Å². The Balaban J connectivity index is 2.80. The molecule has 1 aromatic carbocycles. The second-order valence-corrected chi connectivity index (χ2v) is 3.93. The van der Waals surface area contributed by atoms with Crippen LogP contribution in [0.4, 0.5) is 0 Å². The van der Waals surface area contributed by atoms with Gasteiger partial charge < -0.3 is 9.47 Å². The number of ether oxygens (including phenoxy) is 2. The Labute approximate surface area is 105 Å². The van der Waals surface area contributed by atoms with Crippen LogP contribution < -0.4 is 9.47 Å². The van der Waals surface area contributed by atoms with Gasteiger partial charge >= 0.3 is 0 Å². The van der Waals surface area contributed by atoms with Crippen molar-refractivity contribution < 1.29 is 9.47 Å². The molecule has 0 aliphatic rings. The van der Waals surface area contributed by atoms with E-state index in [1.807, 2.05) is 29.3 Å². The van der Waals surface area contributed by atoms with E-state index in [0.29, 0.717) is 0 Å². The molecule has 0 atom stereocenters. The van der Waals surface area contributed by atoms with E-state index in [1.54, 1.807) is 7.11 Å². The molecule has 0 saturated heterocycles. The number of halogens is 1. The van der Waals surface area contributed by atoms with Crippen molar-refractivity contribution in [3.8, 4) is 11.5 Å². The summed E-state index contributed by atoms with van der Waals surface area (Å²) in [6.45, 7) is 2.87. The van der Waals surface area contributed by atoms with Gasteiger partial charge in [0.2, 0.25) is 0 Å². The van der Waals surface area contributed by atoms with Crippen LogP contribution in [-0.2, 0) is 0 Å². The van der Waals surface area contributed by atoms with Gasteiger partial charge in [-0.2, -0.15) is 0 Å². The first kappa shape index (κ1) is 13.1. The highest BCUT2D eigenvalue weighted by atomic mass is 79.9. The van der Waals surface area contributed by atoms with E-state index >= 15 is 0 Å². The van der Waals surface area contributed by atoms with E-state index in [1.165, 1.54) is 0 Å². The second-order valence-electron chi connectivity index (χ2n) is 3.40. The van der Waals surface area contributed by atoms with E-state index in [2.05, 4.69) is 22.9 Å². The van der Waals surface area contributed by atoms with E-state index in [4.69, 9.17) is 9.47 Å². The first-order chi connectivity index (χ1) is 7.81. The number of benzene rings is 1. The normalized spacial score (nSPS) is 10.7. The first-order valence-electron chi connectivity index (χ1n) is 5.39. The highest BCUT2D eigenvalue weighted by molar-refractivity contribution is 9.11. The summed E-state index contributed by atoms with van der Waals surface area (Å²) < 4.78 is 10.9. The van der Waals surface area contributed by atoms with Crippen LogP contribution in [0.15, 0.2) is 23.2 Å². The van der Waals surface area contributed by atoms with Gasteiger partial charge in [-0.1, -0.05) is 35.3 Å². The maximum Gasteiger partial charge on any atom is 0.161 e. The minimum atomic E-state index is 0.730. The van der Waals surface area contributed by atoms with Crippen molar-refractivity contribution in [3.05, 3.63) is 28.7 Å². The summed E-state index contributed by atoms with van der Waals surface area (Å²) in [5.74, 6) is 1.59. The number of hydrogen-bond donors (Lipinski definition) is 0. The zero-order valence-corrected chi connectivity index (χ0v) is 11.3. The van der Waals surface area contributed by atoms with Gasteiger partial charge in [0.25, 0.3) is 0 Å². The van der Waals surface area contributed by atoms with Crippen LogP contribution in [0.25, 0.3) is 6.08 Å². The lowest BCUT2D eigenvalue weighted by Gasteiger charge is -2.10. The molecule has 0 aromatic heterocycles. The molecule has 0 radical (unpaired) electrons. The SMILES string of the molecule is CCCCOc1cc(C=CBr)ccc1OC. The molecule has 0 amide bonds. The van der Waals surface area contributed by atoms with Gasteiger partial charge in [-0.3, -0.25) is 0 Å².